The van der Waals surface area contributed by atoms with E-state index in [-0.39, 0.29) is 139 Å². The van der Waals surface area contributed by atoms with E-state index in [9.17, 15) is 59.3 Å². The zero-order chi connectivity index (χ0) is 52.0. The maximum atomic E-state index is 13.6. The molecule has 0 atom stereocenters. The van der Waals surface area contributed by atoms with Gasteiger partial charge in [-0.25, -0.2) is 4.99 Å². The van der Waals surface area contributed by atoms with Crippen molar-refractivity contribution in [3.8, 4) is 11.5 Å². The van der Waals surface area contributed by atoms with Gasteiger partial charge in [0, 0.05) is 16.9 Å². The number of azo groups is 2. The predicted molar refractivity (Wildman–Crippen MR) is 268 cm³/mol. The molecule has 9 aromatic carbocycles. The van der Waals surface area contributed by atoms with Crippen molar-refractivity contribution in [2.75, 3.05) is 10.6 Å². The molecule has 9 rings (SSSR count). The van der Waals surface area contributed by atoms with E-state index in [2.05, 4.69) is 41.1 Å². The molecule has 0 spiro atoms. The van der Waals surface area contributed by atoms with E-state index in [1.807, 2.05) is 48.5 Å². The van der Waals surface area contributed by atoms with Gasteiger partial charge in [-0.05, 0) is 123 Å². The molecule has 0 aliphatic heterocycles. The average Bonchev–Trinajstić information content (AvgIpc) is 3.33. The molecule has 0 heterocycles. The first kappa shape index (κ1) is 59.3. The van der Waals surface area contributed by atoms with Crippen LogP contribution in [0.1, 0.15) is 5.56 Å². The summed E-state index contributed by atoms with van der Waals surface area (Å²) in [6.07, 6.45) is 0. The fourth-order valence-electron chi connectivity index (χ4n) is 7.68. The molecule has 0 saturated heterocycles. The van der Waals surface area contributed by atoms with Crippen LogP contribution in [0.5, 0.6) is 11.5 Å². The number of fused-ring (bicyclic) bond motifs is 4. The minimum atomic E-state index is -5.05. The topological polar surface area (TPSA) is 351 Å². The zero-order valence-corrected chi connectivity index (χ0v) is 48.7. The van der Waals surface area contributed by atoms with E-state index in [1.54, 1.807) is 36.4 Å². The van der Waals surface area contributed by atoms with E-state index < -0.39 is 80.0 Å². The Hall–Kier alpha value is -5.91. The molecule has 0 aromatic heterocycles. The Labute approximate surface area is 499 Å². The molecular weight excluding hydrogens is 1070 g/mol. The molecule has 0 unspecified atom stereocenters. The molecule has 0 aliphatic rings. The van der Waals surface area contributed by atoms with Crippen molar-refractivity contribution in [3.05, 3.63) is 151 Å². The van der Waals surface area contributed by atoms with Gasteiger partial charge in [-0.3, -0.25) is 13.7 Å². The SMILES string of the molecule is Cc1c(N=C([O-])Nc2ccc3c([O-])c(N=Nc4ccc5ccccc5c4)c(S(=O)(=O)O)cc3c2)cc(S(=O)(=O)O)cc1N=C(O)Nc1ccc2c([O-])c(N=Nc3ccc4ccccc4c3)c(S(=O)(=O)O)cc2c1.[Na+].[Na+].[Na+]. The van der Waals surface area contributed by atoms with Crippen LogP contribution in [0.3, 0.4) is 0 Å². The summed E-state index contributed by atoms with van der Waals surface area (Å²) in [5.41, 5.74) is -1.46. The standard InChI is InChI=1S/C49H36N8O13S3.3Na/c1-26-40(52-48(60)50-33-14-16-38-31(20-33)22-42(72(65,66)67)44(46(38)58)56-54-35-12-10-27-6-2-4-8-29(27)18-35)24-37(71(62,63)64)25-41(26)53-49(61)51-34-15-17-39-32(21-34)23-43(73(68,69)70)45(47(39)59)57-55-36-13-11-28-7-3-5-9-30(28)19-36;;;/h2-25,58-59H,1H3,(H2,50,52,60)(H2,51,53,61)(H,62,63,64)(H,65,66,67)(H,68,69,70);;;/q;3*+1/p-3. The summed E-state index contributed by atoms with van der Waals surface area (Å²) in [6.45, 7) is 1.35. The zero-order valence-electron chi connectivity index (χ0n) is 40.2. The number of hydrogen-bond acceptors (Lipinski definition) is 15. The molecule has 0 aliphatic carbocycles. The number of aliphatic hydroxyl groups is 1. The molecule has 21 nitrogen and oxygen atoms in total. The summed E-state index contributed by atoms with van der Waals surface area (Å²) in [6, 6.07) is 33.9. The van der Waals surface area contributed by atoms with Crippen LogP contribution in [0.25, 0.3) is 43.1 Å². The Bertz CT molecular complexity index is 4030. The molecule has 0 fully saturated rings. The van der Waals surface area contributed by atoms with Gasteiger partial charge in [-0.2, -0.15) is 40.5 Å². The Balaban J connectivity index is 0.00000312. The number of aliphatic imine (C=N–C) groups is 2. The smallest absolute Gasteiger partial charge is 0.871 e. The summed E-state index contributed by atoms with van der Waals surface area (Å²) in [5, 5.41) is 75.5. The minimum Gasteiger partial charge on any atom is -0.871 e. The average molecular weight is 1110 g/mol. The van der Waals surface area contributed by atoms with Crippen molar-refractivity contribution in [1.82, 2.24) is 0 Å². The second kappa shape index (κ2) is 23.8. The number of benzene rings is 9. The molecule has 76 heavy (non-hydrogen) atoms. The number of nitrogens with one attached hydrogen (secondary N) is 2. The van der Waals surface area contributed by atoms with Crippen molar-refractivity contribution in [1.29, 1.82) is 0 Å². The molecule has 368 valence electrons. The van der Waals surface area contributed by atoms with Crippen LogP contribution in [-0.2, 0) is 30.4 Å². The monoisotopic (exact) mass is 1110 g/mol. The quantitative estimate of drug-likeness (QED) is 0.0337. The number of aliphatic hydroxyl groups excluding tert-OH is 1. The van der Waals surface area contributed by atoms with Gasteiger partial charge in [0.1, 0.15) is 9.79 Å². The normalized spacial score (nSPS) is 12.5. The number of hydrogen-bond donors (Lipinski definition) is 6. The summed E-state index contributed by atoms with van der Waals surface area (Å²) >= 11 is 0. The van der Waals surface area contributed by atoms with Gasteiger partial charge in [0.25, 0.3) is 36.4 Å². The maximum absolute atomic E-state index is 13.6. The Morgan fingerprint density at radius 3 is 1.33 bits per heavy atom. The molecule has 27 heteroatoms. The van der Waals surface area contributed by atoms with E-state index in [0.717, 1.165) is 45.8 Å². The molecule has 9 aromatic rings. The van der Waals surface area contributed by atoms with Gasteiger partial charge in [-0.15, -0.1) is 10.2 Å². The van der Waals surface area contributed by atoms with Crippen LogP contribution in [0.15, 0.2) is 191 Å². The third-order valence-electron chi connectivity index (χ3n) is 11.2. The third kappa shape index (κ3) is 13.2. The second-order valence-electron chi connectivity index (χ2n) is 16.1. The van der Waals surface area contributed by atoms with E-state index in [1.165, 1.54) is 43.3 Å². The van der Waals surface area contributed by atoms with Crippen LogP contribution >= 0.6 is 0 Å². The van der Waals surface area contributed by atoms with Gasteiger partial charge in [0.15, 0.2) is 0 Å². The van der Waals surface area contributed by atoms with Crippen molar-refractivity contribution in [2.24, 2.45) is 30.4 Å². The first-order valence-electron chi connectivity index (χ1n) is 21.1. The van der Waals surface area contributed by atoms with Crippen LogP contribution in [-0.4, -0.2) is 56.1 Å². The largest absolute Gasteiger partial charge is 1.00 e. The number of amidine groups is 2. The number of rotatable bonds is 11. The van der Waals surface area contributed by atoms with Crippen molar-refractivity contribution in [2.45, 2.75) is 21.6 Å². The van der Waals surface area contributed by atoms with Crippen molar-refractivity contribution in [3.63, 3.8) is 0 Å². The number of anilines is 2. The first-order valence-corrected chi connectivity index (χ1v) is 25.4. The summed E-state index contributed by atoms with van der Waals surface area (Å²) < 4.78 is 105. The van der Waals surface area contributed by atoms with Crippen LogP contribution in [0.4, 0.5) is 45.5 Å². The second-order valence-corrected chi connectivity index (χ2v) is 20.3. The van der Waals surface area contributed by atoms with E-state index in [0.29, 0.717) is 11.4 Å². The maximum Gasteiger partial charge on any atom is 1.00 e. The summed E-state index contributed by atoms with van der Waals surface area (Å²) in [5.74, 6) is -1.80. The Morgan fingerprint density at radius 1 is 0.474 bits per heavy atom. The Morgan fingerprint density at radius 2 is 0.895 bits per heavy atom. The van der Waals surface area contributed by atoms with Gasteiger partial charge >= 0.3 is 88.7 Å². The molecule has 0 bridgehead atoms. The van der Waals surface area contributed by atoms with E-state index >= 15 is 0 Å². The minimum absolute atomic E-state index is 0. The Kier molecular flexibility index (Phi) is 18.6. The summed E-state index contributed by atoms with van der Waals surface area (Å²) in [7, 11) is -15.1. The molecule has 0 amide bonds. The first-order chi connectivity index (χ1) is 34.6. The van der Waals surface area contributed by atoms with Crippen molar-refractivity contribution >= 4 is 131 Å². The molecular formula is C49H33N8Na3O13S3. The fourth-order valence-corrected chi connectivity index (χ4v) is 9.51. The van der Waals surface area contributed by atoms with Gasteiger partial charge < -0.3 is 31.1 Å². The third-order valence-corrected chi connectivity index (χ3v) is 13.8. The molecule has 6 N–H and O–H groups in total. The molecule has 0 radical (unpaired) electrons. The molecule has 0 saturated carbocycles. The van der Waals surface area contributed by atoms with Gasteiger partial charge in [-0.1, -0.05) is 84.3 Å². The van der Waals surface area contributed by atoms with Gasteiger partial charge in [0.05, 0.1) is 45.0 Å². The number of nitrogens with zero attached hydrogens (tertiary/aromatic N) is 6. The fraction of sp³-hybridized carbons (Fsp3) is 0.0204. The van der Waals surface area contributed by atoms with Crippen LogP contribution in [0.2, 0.25) is 0 Å². The van der Waals surface area contributed by atoms with Crippen LogP contribution in [0, 0.1) is 6.92 Å². The van der Waals surface area contributed by atoms with Crippen LogP contribution < -0.4 is 115 Å². The van der Waals surface area contributed by atoms with Crippen molar-refractivity contribution < 1.29 is 148 Å². The van der Waals surface area contributed by atoms with Gasteiger partial charge in [0.2, 0.25) is 0 Å². The predicted octanol–water partition coefficient (Wildman–Crippen LogP) is 0.455. The summed E-state index contributed by atoms with van der Waals surface area (Å²) in [4.78, 5) is 5.39. The van der Waals surface area contributed by atoms with E-state index in [4.69, 9.17) is 0 Å².